The van der Waals surface area contributed by atoms with E-state index in [0.717, 1.165) is 30.2 Å². The second-order valence-electron chi connectivity index (χ2n) is 5.29. The predicted molar refractivity (Wildman–Crippen MR) is 78.4 cm³/mol. The lowest BCUT2D eigenvalue weighted by atomic mass is 10.0. The van der Waals surface area contributed by atoms with Crippen molar-refractivity contribution < 1.29 is 14.2 Å². The summed E-state index contributed by atoms with van der Waals surface area (Å²) in [6.07, 6.45) is 0.105. The molecule has 108 valence electrons. The van der Waals surface area contributed by atoms with Crippen molar-refractivity contribution in [2.24, 2.45) is 0 Å². The average molecular weight is 283 g/mol. The topological polar surface area (TPSA) is 39.7 Å². The molecule has 0 amide bonds. The van der Waals surface area contributed by atoms with Crippen LogP contribution in [0, 0.1) is 0 Å². The van der Waals surface area contributed by atoms with Crippen LogP contribution in [0.5, 0.6) is 11.5 Å². The summed E-state index contributed by atoms with van der Waals surface area (Å²) >= 11 is 0. The lowest BCUT2D eigenvalue weighted by Gasteiger charge is -2.31. The normalized spacial score (nSPS) is 24.0. The highest BCUT2D eigenvalue weighted by molar-refractivity contribution is 5.45. The van der Waals surface area contributed by atoms with Crippen molar-refractivity contribution in [2.75, 3.05) is 19.9 Å². The Labute approximate surface area is 123 Å². The van der Waals surface area contributed by atoms with E-state index in [0.29, 0.717) is 6.79 Å². The summed E-state index contributed by atoms with van der Waals surface area (Å²) in [4.78, 5) is 0. The van der Waals surface area contributed by atoms with Crippen molar-refractivity contribution in [1.82, 2.24) is 5.32 Å². The first-order chi connectivity index (χ1) is 10.4. The van der Waals surface area contributed by atoms with Crippen molar-refractivity contribution in [3.63, 3.8) is 0 Å². The quantitative estimate of drug-likeness (QED) is 0.920. The zero-order chi connectivity index (χ0) is 14.1. The van der Waals surface area contributed by atoms with Crippen molar-refractivity contribution in [3.8, 4) is 11.5 Å². The standard InChI is InChI=1S/C17H17NO3/c1-2-4-12(5-3-1)16-9-18-10-17(21-16)13-6-7-14-15(8-13)20-11-19-14/h1-8,16-18H,9-11H2/t16-,17+/m0/s1. The van der Waals surface area contributed by atoms with Crippen LogP contribution < -0.4 is 14.8 Å². The Hall–Kier alpha value is -2.04. The molecule has 2 heterocycles. The summed E-state index contributed by atoms with van der Waals surface area (Å²) in [6.45, 7) is 1.95. The molecule has 0 aromatic heterocycles. The maximum Gasteiger partial charge on any atom is 0.231 e. The number of hydrogen-bond acceptors (Lipinski definition) is 4. The Morgan fingerprint density at radius 1 is 0.810 bits per heavy atom. The van der Waals surface area contributed by atoms with Crippen molar-refractivity contribution >= 4 is 0 Å². The van der Waals surface area contributed by atoms with E-state index in [2.05, 4.69) is 17.4 Å². The number of morpholine rings is 1. The van der Waals surface area contributed by atoms with Gasteiger partial charge in [-0.15, -0.1) is 0 Å². The summed E-state index contributed by atoms with van der Waals surface area (Å²) < 4.78 is 17.1. The fourth-order valence-electron chi connectivity index (χ4n) is 2.81. The van der Waals surface area contributed by atoms with Gasteiger partial charge in [-0.3, -0.25) is 0 Å². The molecular formula is C17H17NO3. The first-order valence-electron chi connectivity index (χ1n) is 7.21. The molecule has 21 heavy (non-hydrogen) atoms. The van der Waals surface area contributed by atoms with Gasteiger partial charge in [0.15, 0.2) is 11.5 Å². The number of ether oxygens (including phenoxy) is 3. The van der Waals surface area contributed by atoms with Gasteiger partial charge in [-0.05, 0) is 23.3 Å². The molecule has 2 aromatic rings. The zero-order valence-electron chi connectivity index (χ0n) is 11.6. The molecule has 1 N–H and O–H groups in total. The van der Waals surface area contributed by atoms with Crippen LogP contribution in [-0.2, 0) is 4.74 Å². The minimum atomic E-state index is 0.0263. The lowest BCUT2D eigenvalue weighted by Crippen LogP contribution is -2.35. The molecule has 2 aliphatic heterocycles. The van der Waals surface area contributed by atoms with Gasteiger partial charge in [0.1, 0.15) is 0 Å². The van der Waals surface area contributed by atoms with Gasteiger partial charge < -0.3 is 19.5 Å². The van der Waals surface area contributed by atoms with Crippen molar-refractivity contribution in [3.05, 3.63) is 59.7 Å². The SMILES string of the molecule is c1ccc([C@@H]2CNC[C@H](c3ccc4c(c3)OCO4)O2)cc1. The van der Waals surface area contributed by atoms with Crippen molar-refractivity contribution in [1.29, 1.82) is 0 Å². The van der Waals surface area contributed by atoms with Crippen LogP contribution >= 0.6 is 0 Å². The molecule has 0 radical (unpaired) electrons. The van der Waals surface area contributed by atoms with E-state index in [1.54, 1.807) is 0 Å². The third-order valence-electron chi connectivity index (χ3n) is 3.93. The molecule has 2 aliphatic rings. The molecule has 0 saturated carbocycles. The van der Waals surface area contributed by atoms with Gasteiger partial charge in [0.2, 0.25) is 6.79 Å². The molecule has 0 unspecified atom stereocenters. The van der Waals surface area contributed by atoms with E-state index in [-0.39, 0.29) is 12.2 Å². The highest BCUT2D eigenvalue weighted by Crippen LogP contribution is 2.37. The highest BCUT2D eigenvalue weighted by atomic mass is 16.7. The molecule has 1 fully saturated rings. The number of hydrogen-bond donors (Lipinski definition) is 1. The first-order valence-corrected chi connectivity index (χ1v) is 7.21. The molecule has 2 atom stereocenters. The Balaban J connectivity index is 1.55. The third kappa shape index (κ3) is 2.48. The van der Waals surface area contributed by atoms with Gasteiger partial charge in [0, 0.05) is 13.1 Å². The average Bonchev–Trinajstić information content (AvgIpc) is 3.03. The molecule has 4 nitrogen and oxygen atoms in total. The van der Waals surface area contributed by atoms with Crippen LogP contribution in [0.15, 0.2) is 48.5 Å². The molecule has 4 rings (SSSR count). The Morgan fingerprint density at radius 2 is 1.57 bits per heavy atom. The van der Waals surface area contributed by atoms with Gasteiger partial charge >= 0.3 is 0 Å². The maximum absolute atomic E-state index is 6.26. The van der Waals surface area contributed by atoms with Gasteiger partial charge in [-0.25, -0.2) is 0 Å². The fraction of sp³-hybridized carbons (Fsp3) is 0.294. The van der Waals surface area contributed by atoms with Crippen LogP contribution in [0.1, 0.15) is 23.3 Å². The van der Waals surface area contributed by atoms with E-state index in [9.17, 15) is 0 Å². The lowest BCUT2D eigenvalue weighted by molar-refractivity contribution is -0.0406. The van der Waals surface area contributed by atoms with Gasteiger partial charge in [-0.2, -0.15) is 0 Å². The molecule has 0 bridgehead atoms. The van der Waals surface area contributed by atoms with Crippen LogP contribution in [-0.4, -0.2) is 19.9 Å². The number of nitrogens with one attached hydrogen (secondary N) is 1. The summed E-state index contributed by atoms with van der Waals surface area (Å²) in [6, 6.07) is 16.3. The van der Waals surface area contributed by atoms with Crippen LogP contribution in [0.2, 0.25) is 0 Å². The first kappa shape index (κ1) is 12.7. The van der Waals surface area contributed by atoms with Crippen LogP contribution in [0.4, 0.5) is 0 Å². The van der Waals surface area contributed by atoms with Crippen LogP contribution in [0.3, 0.4) is 0 Å². The Morgan fingerprint density at radius 3 is 2.43 bits per heavy atom. The molecule has 0 aliphatic carbocycles. The number of benzene rings is 2. The van der Waals surface area contributed by atoms with Gasteiger partial charge in [0.05, 0.1) is 12.2 Å². The Bertz CT molecular complexity index is 629. The number of fused-ring (bicyclic) bond motifs is 1. The second kappa shape index (κ2) is 5.39. The van der Waals surface area contributed by atoms with Crippen molar-refractivity contribution in [2.45, 2.75) is 12.2 Å². The molecule has 2 aromatic carbocycles. The minimum absolute atomic E-state index is 0.0263. The summed E-state index contributed by atoms with van der Waals surface area (Å²) in [5, 5.41) is 3.45. The predicted octanol–water partition coefficient (Wildman–Crippen LogP) is 2.82. The van der Waals surface area contributed by atoms with E-state index in [1.807, 2.05) is 36.4 Å². The second-order valence-corrected chi connectivity index (χ2v) is 5.29. The van der Waals surface area contributed by atoms with Gasteiger partial charge in [0.25, 0.3) is 0 Å². The molecule has 1 saturated heterocycles. The number of rotatable bonds is 2. The Kier molecular flexibility index (Phi) is 3.25. The van der Waals surface area contributed by atoms with E-state index >= 15 is 0 Å². The molecule has 0 spiro atoms. The molecular weight excluding hydrogens is 266 g/mol. The zero-order valence-corrected chi connectivity index (χ0v) is 11.6. The minimum Gasteiger partial charge on any atom is -0.454 e. The van der Waals surface area contributed by atoms with Crippen LogP contribution in [0.25, 0.3) is 0 Å². The summed E-state index contributed by atoms with van der Waals surface area (Å²) in [5.74, 6) is 1.61. The smallest absolute Gasteiger partial charge is 0.231 e. The maximum atomic E-state index is 6.26. The fourth-order valence-corrected chi connectivity index (χ4v) is 2.81. The molecule has 4 heteroatoms. The summed E-state index contributed by atoms with van der Waals surface area (Å²) in [7, 11) is 0. The highest BCUT2D eigenvalue weighted by Gasteiger charge is 2.26. The van der Waals surface area contributed by atoms with E-state index < -0.39 is 0 Å². The largest absolute Gasteiger partial charge is 0.454 e. The van der Waals surface area contributed by atoms with Gasteiger partial charge in [-0.1, -0.05) is 36.4 Å². The summed E-state index contributed by atoms with van der Waals surface area (Å²) in [5.41, 5.74) is 2.32. The van der Waals surface area contributed by atoms with E-state index in [4.69, 9.17) is 14.2 Å². The third-order valence-corrected chi connectivity index (χ3v) is 3.93. The monoisotopic (exact) mass is 283 g/mol. The van der Waals surface area contributed by atoms with E-state index in [1.165, 1.54) is 5.56 Å².